The van der Waals surface area contributed by atoms with Crippen LogP contribution in [0.25, 0.3) is 10.8 Å². The highest BCUT2D eigenvalue weighted by atomic mass is 79.9. The van der Waals surface area contributed by atoms with Crippen LogP contribution in [0.3, 0.4) is 0 Å². The van der Waals surface area contributed by atoms with Gasteiger partial charge in [-0.05, 0) is 41.1 Å². The van der Waals surface area contributed by atoms with Gasteiger partial charge in [-0.15, -0.1) is 0 Å². The first-order valence-corrected chi connectivity index (χ1v) is 9.10. The van der Waals surface area contributed by atoms with Crippen molar-refractivity contribution in [2.75, 3.05) is 7.11 Å². The predicted molar refractivity (Wildman–Crippen MR) is 94.1 cm³/mol. The molecule has 0 saturated heterocycles. The molecule has 1 N–H and O–H groups in total. The van der Waals surface area contributed by atoms with E-state index in [1.807, 2.05) is 18.2 Å². The van der Waals surface area contributed by atoms with Crippen LogP contribution in [0.2, 0.25) is 0 Å². The molecule has 3 aromatic rings. The van der Waals surface area contributed by atoms with Crippen molar-refractivity contribution in [3.63, 3.8) is 0 Å². The molecule has 0 saturated carbocycles. The van der Waals surface area contributed by atoms with Gasteiger partial charge in [0.2, 0.25) is 0 Å². The summed E-state index contributed by atoms with van der Waals surface area (Å²) in [4.78, 5) is -0.132. The van der Waals surface area contributed by atoms with Crippen molar-refractivity contribution in [3.8, 4) is 17.2 Å². The molecular formula is C17H13BrO5S. The highest BCUT2D eigenvalue weighted by Gasteiger charge is 2.24. The fourth-order valence-electron chi connectivity index (χ4n) is 2.28. The third kappa shape index (κ3) is 3.18. The Morgan fingerprint density at radius 1 is 0.958 bits per heavy atom. The highest BCUT2D eigenvalue weighted by molar-refractivity contribution is 9.10. The summed E-state index contributed by atoms with van der Waals surface area (Å²) < 4.78 is 36.0. The summed E-state index contributed by atoms with van der Waals surface area (Å²) in [6.07, 6.45) is 0. The Morgan fingerprint density at radius 2 is 1.62 bits per heavy atom. The molecule has 0 spiro atoms. The van der Waals surface area contributed by atoms with Gasteiger partial charge < -0.3 is 14.0 Å². The molecule has 0 unspecified atom stereocenters. The number of hydrogen-bond acceptors (Lipinski definition) is 5. The number of hydrogen-bond donors (Lipinski definition) is 1. The van der Waals surface area contributed by atoms with Crippen LogP contribution in [-0.2, 0) is 10.1 Å². The lowest BCUT2D eigenvalue weighted by Gasteiger charge is -2.12. The maximum absolute atomic E-state index is 12.6. The molecule has 3 rings (SSSR count). The van der Waals surface area contributed by atoms with Crippen molar-refractivity contribution >= 4 is 36.8 Å². The number of benzene rings is 3. The number of phenols is 1. The van der Waals surface area contributed by atoms with E-state index in [0.29, 0.717) is 4.47 Å². The molecule has 0 aliphatic rings. The molecule has 0 aliphatic carbocycles. The first-order valence-electron chi connectivity index (χ1n) is 6.90. The average molecular weight is 409 g/mol. The van der Waals surface area contributed by atoms with Gasteiger partial charge in [-0.1, -0.05) is 40.2 Å². The minimum Gasteiger partial charge on any atom is -0.504 e. The largest absolute Gasteiger partial charge is 0.504 e. The van der Waals surface area contributed by atoms with Crippen molar-refractivity contribution in [2.24, 2.45) is 0 Å². The Balaban J connectivity index is 2.07. The van der Waals surface area contributed by atoms with Crippen LogP contribution in [0.4, 0.5) is 0 Å². The quantitative estimate of drug-likeness (QED) is 0.658. The minimum atomic E-state index is -4.18. The molecule has 3 aromatic carbocycles. The smallest absolute Gasteiger partial charge is 0.343 e. The molecule has 0 bridgehead atoms. The van der Waals surface area contributed by atoms with Gasteiger partial charge in [-0.2, -0.15) is 8.42 Å². The Morgan fingerprint density at radius 3 is 2.29 bits per heavy atom. The molecule has 5 nitrogen and oxygen atoms in total. The van der Waals surface area contributed by atoms with Crippen molar-refractivity contribution in [2.45, 2.75) is 4.90 Å². The lowest BCUT2D eigenvalue weighted by molar-refractivity contribution is 0.395. The normalized spacial score (nSPS) is 11.4. The Kier molecular flexibility index (Phi) is 4.38. The van der Waals surface area contributed by atoms with E-state index in [-0.39, 0.29) is 22.1 Å². The summed E-state index contributed by atoms with van der Waals surface area (Å²) in [6, 6.07) is 14.7. The second kappa shape index (κ2) is 6.33. The summed E-state index contributed by atoms with van der Waals surface area (Å²) in [5.41, 5.74) is 0. The second-order valence-electron chi connectivity index (χ2n) is 5.00. The summed E-state index contributed by atoms with van der Waals surface area (Å²) >= 11 is 3.23. The average Bonchev–Trinajstić information content (AvgIpc) is 2.55. The molecule has 0 aliphatic heterocycles. The van der Waals surface area contributed by atoms with Gasteiger partial charge >= 0.3 is 10.1 Å². The zero-order valence-electron chi connectivity index (χ0n) is 12.6. The maximum Gasteiger partial charge on any atom is 0.343 e. The molecular weight excluding hydrogens is 396 g/mol. The van der Waals surface area contributed by atoms with Crippen LogP contribution < -0.4 is 8.92 Å². The van der Waals surface area contributed by atoms with Gasteiger partial charge in [0, 0.05) is 4.47 Å². The lowest BCUT2D eigenvalue weighted by Crippen LogP contribution is -2.11. The topological polar surface area (TPSA) is 72.8 Å². The van der Waals surface area contributed by atoms with E-state index >= 15 is 0 Å². The van der Waals surface area contributed by atoms with Crippen molar-refractivity contribution in [1.29, 1.82) is 0 Å². The van der Waals surface area contributed by atoms with E-state index < -0.39 is 10.1 Å². The van der Waals surface area contributed by atoms with E-state index in [9.17, 15) is 13.5 Å². The first kappa shape index (κ1) is 16.6. The standard InChI is InChI=1S/C17H13BrO5S/c1-22-15-7-6-13(18)10-17(15)24(20,21)23-16-9-12-5-3-2-4-11(12)8-14(16)19/h2-10,19H,1H3. The van der Waals surface area contributed by atoms with Crippen molar-refractivity contribution in [3.05, 3.63) is 59.1 Å². The van der Waals surface area contributed by atoms with Crippen LogP contribution in [0.5, 0.6) is 17.2 Å². The van der Waals surface area contributed by atoms with E-state index in [1.54, 1.807) is 12.1 Å². The van der Waals surface area contributed by atoms with E-state index in [2.05, 4.69) is 15.9 Å². The SMILES string of the molecule is COc1ccc(Br)cc1S(=O)(=O)Oc1cc2ccccc2cc1O. The van der Waals surface area contributed by atoms with Gasteiger partial charge in [0.15, 0.2) is 11.5 Å². The van der Waals surface area contributed by atoms with Gasteiger partial charge in [0.1, 0.15) is 10.6 Å². The number of rotatable bonds is 4. The number of fused-ring (bicyclic) bond motifs is 1. The first-order chi connectivity index (χ1) is 11.4. The van der Waals surface area contributed by atoms with E-state index in [4.69, 9.17) is 8.92 Å². The molecule has 124 valence electrons. The number of ether oxygens (including phenoxy) is 1. The Bertz CT molecular complexity index is 1010. The predicted octanol–water partition coefficient (Wildman–Crippen LogP) is 4.08. The zero-order valence-corrected chi connectivity index (χ0v) is 15.0. The van der Waals surface area contributed by atoms with Gasteiger partial charge in [-0.3, -0.25) is 0 Å². The zero-order chi connectivity index (χ0) is 17.3. The Labute approximate surface area is 147 Å². The number of halogens is 1. The lowest BCUT2D eigenvalue weighted by atomic mass is 10.1. The number of phenolic OH excluding ortho intramolecular Hbond substituents is 1. The van der Waals surface area contributed by atoms with Gasteiger partial charge in [-0.25, -0.2) is 0 Å². The summed E-state index contributed by atoms with van der Waals surface area (Å²) in [5.74, 6) is -0.250. The van der Waals surface area contributed by atoms with Gasteiger partial charge in [0.05, 0.1) is 7.11 Å². The highest BCUT2D eigenvalue weighted by Crippen LogP contribution is 2.35. The molecule has 0 amide bonds. The third-order valence-corrected chi connectivity index (χ3v) is 5.17. The molecule has 0 radical (unpaired) electrons. The monoisotopic (exact) mass is 408 g/mol. The molecule has 7 heteroatoms. The van der Waals surface area contributed by atoms with Crippen LogP contribution >= 0.6 is 15.9 Å². The van der Waals surface area contributed by atoms with Crippen LogP contribution in [0.15, 0.2) is 64.0 Å². The van der Waals surface area contributed by atoms with Crippen molar-refractivity contribution in [1.82, 2.24) is 0 Å². The van der Waals surface area contributed by atoms with Crippen LogP contribution in [0.1, 0.15) is 0 Å². The fourth-order valence-corrected chi connectivity index (χ4v) is 3.92. The summed E-state index contributed by atoms with van der Waals surface area (Å²) in [6.45, 7) is 0. The number of aromatic hydroxyl groups is 1. The van der Waals surface area contributed by atoms with Gasteiger partial charge in [0.25, 0.3) is 0 Å². The van der Waals surface area contributed by atoms with E-state index in [0.717, 1.165) is 10.8 Å². The maximum atomic E-state index is 12.6. The molecule has 0 fully saturated rings. The fraction of sp³-hybridized carbons (Fsp3) is 0.0588. The van der Waals surface area contributed by atoms with Crippen LogP contribution in [-0.4, -0.2) is 20.6 Å². The summed E-state index contributed by atoms with van der Waals surface area (Å²) in [7, 11) is -2.81. The second-order valence-corrected chi connectivity index (χ2v) is 7.43. The molecule has 24 heavy (non-hydrogen) atoms. The molecule has 0 atom stereocenters. The molecule has 0 heterocycles. The van der Waals surface area contributed by atoms with E-state index in [1.165, 1.54) is 31.4 Å². The minimum absolute atomic E-state index is 0.132. The van der Waals surface area contributed by atoms with Crippen molar-refractivity contribution < 1.29 is 22.4 Å². The number of methoxy groups -OCH3 is 1. The molecule has 0 aromatic heterocycles. The third-order valence-electron chi connectivity index (χ3n) is 3.42. The van der Waals surface area contributed by atoms with Crippen LogP contribution in [0, 0.1) is 0 Å². The Hall–Kier alpha value is -2.25. The summed E-state index contributed by atoms with van der Waals surface area (Å²) in [5, 5.41) is 11.6.